The number of hydrogen-bond acceptors (Lipinski definition) is 4. The quantitative estimate of drug-likeness (QED) is 0.619. The van der Waals surface area contributed by atoms with Crippen molar-refractivity contribution in [2.75, 3.05) is 13.6 Å². The molecule has 0 radical (unpaired) electrons. The molecular formula is C23H29N3O4S. The molecule has 31 heavy (non-hydrogen) atoms. The Hall–Kier alpha value is -2.71. The summed E-state index contributed by atoms with van der Waals surface area (Å²) in [6.45, 7) is 3.37. The standard InChI is InChI=1S/C23H29N3O4S/c1-16-9-12-20(13-17(16)2)31(29,30)26(3)15-22(27)25-21(23(28)24-19-10-11-19)14-18-7-5-4-6-8-18/h4-9,12-13,19,21H,10-11,14-15H2,1-3H3,(H,24,28)(H,25,27). The van der Waals surface area contributed by atoms with Gasteiger partial charge < -0.3 is 10.6 Å². The second kappa shape index (κ2) is 9.62. The maximum absolute atomic E-state index is 12.9. The van der Waals surface area contributed by atoms with Crippen LogP contribution in [0.3, 0.4) is 0 Å². The van der Waals surface area contributed by atoms with Crippen LogP contribution in [0.15, 0.2) is 53.4 Å². The first kappa shape index (κ1) is 23.0. The van der Waals surface area contributed by atoms with Gasteiger partial charge in [0.15, 0.2) is 0 Å². The summed E-state index contributed by atoms with van der Waals surface area (Å²) in [5, 5.41) is 5.63. The van der Waals surface area contributed by atoms with Gasteiger partial charge in [-0.15, -0.1) is 0 Å². The van der Waals surface area contributed by atoms with Crippen molar-refractivity contribution in [3.63, 3.8) is 0 Å². The van der Waals surface area contributed by atoms with Crippen LogP contribution in [0.5, 0.6) is 0 Å². The topological polar surface area (TPSA) is 95.6 Å². The van der Waals surface area contributed by atoms with Crippen molar-refractivity contribution in [3.05, 3.63) is 65.2 Å². The van der Waals surface area contributed by atoms with Crippen LogP contribution in [0.4, 0.5) is 0 Å². The van der Waals surface area contributed by atoms with Gasteiger partial charge in [-0.3, -0.25) is 9.59 Å². The van der Waals surface area contributed by atoms with E-state index in [1.165, 1.54) is 13.1 Å². The number of benzene rings is 2. The van der Waals surface area contributed by atoms with Gasteiger partial charge in [0.2, 0.25) is 21.8 Å². The van der Waals surface area contributed by atoms with Crippen molar-refractivity contribution in [1.82, 2.24) is 14.9 Å². The zero-order valence-electron chi connectivity index (χ0n) is 18.1. The van der Waals surface area contributed by atoms with Crippen molar-refractivity contribution >= 4 is 21.8 Å². The normalized spacial score (nSPS) is 14.8. The largest absolute Gasteiger partial charge is 0.352 e. The number of nitrogens with zero attached hydrogens (tertiary/aromatic N) is 1. The van der Waals surface area contributed by atoms with Crippen LogP contribution >= 0.6 is 0 Å². The van der Waals surface area contributed by atoms with Gasteiger partial charge in [-0.2, -0.15) is 4.31 Å². The SMILES string of the molecule is Cc1ccc(S(=O)(=O)N(C)CC(=O)NC(Cc2ccccc2)C(=O)NC2CC2)cc1C. The highest BCUT2D eigenvalue weighted by Gasteiger charge is 2.30. The van der Waals surface area contributed by atoms with Crippen molar-refractivity contribution in [2.45, 2.75) is 50.1 Å². The molecule has 2 amide bonds. The molecule has 1 atom stereocenters. The molecule has 1 unspecified atom stereocenters. The molecule has 0 aliphatic heterocycles. The van der Waals surface area contributed by atoms with Gasteiger partial charge in [0.05, 0.1) is 11.4 Å². The average Bonchev–Trinajstić information content (AvgIpc) is 3.54. The van der Waals surface area contributed by atoms with E-state index in [2.05, 4.69) is 10.6 Å². The zero-order valence-corrected chi connectivity index (χ0v) is 18.9. The van der Waals surface area contributed by atoms with Crippen LogP contribution in [0.2, 0.25) is 0 Å². The molecule has 8 heteroatoms. The third kappa shape index (κ3) is 6.15. The summed E-state index contributed by atoms with van der Waals surface area (Å²) in [6, 6.07) is 13.7. The number of likely N-dealkylation sites (N-methyl/N-ethyl adjacent to an activating group) is 1. The molecule has 1 aliphatic carbocycles. The van der Waals surface area contributed by atoms with Crippen LogP contribution in [0.25, 0.3) is 0 Å². The van der Waals surface area contributed by atoms with E-state index >= 15 is 0 Å². The fraction of sp³-hybridized carbons (Fsp3) is 0.391. The molecule has 2 aromatic rings. The fourth-order valence-electron chi connectivity index (χ4n) is 3.17. The second-order valence-electron chi connectivity index (χ2n) is 8.10. The van der Waals surface area contributed by atoms with Gasteiger partial charge in [-0.25, -0.2) is 8.42 Å². The van der Waals surface area contributed by atoms with Crippen molar-refractivity contribution in [2.24, 2.45) is 0 Å². The highest BCUT2D eigenvalue weighted by molar-refractivity contribution is 7.89. The molecule has 0 heterocycles. The van der Waals surface area contributed by atoms with Gasteiger partial charge in [0.25, 0.3) is 0 Å². The van der Waals surface area contributed by atoms with E-state index in [0.717, 1.165) is 33.8 Å². The van der Waals surface area contributed by atoms with E-state index in [0.29, 0.717) is 6.42 Å². The van der Waals surface area contributed by atoms with E-state index in [-0.39, 0.29) is 23.4 Å². The van der Waals surface area contributed by atoms with Gasteiger partial charge in [-0.05, 0) is 55.5 Å². The lowest BCUT2D eigenvalue weighted by atomic mass is 10.1. The first-order chi connectivity index (χ1) is 14.7. The van der Waals surface area contributed by atoms with Crippen molar-refractivity contribution < 1.29 is 18.0 Å². The highest BCUT2D eigenvalue weighted by atomic mass is 32.2. The number of hydrogen-bond donors (Lipinski definition) is 2. The fourth-order valence-corrected chi connectivity index (χ4v) is 4.38. The molecule has 1 aliphatic rings. The minimum atomic E-state index is -3.83. The summed E-state index contributed by atoms with van der Waals surface area (Å²) < 4.78 is 26.7. The number of rotatable bonds is 9. The number of nitrogens with one attached hydrogen (secondary N) is 2. The number of aryl methyl sites for hydroxylation is 2. The van der Waals surface area contributed by atoms with Crippen LogP contribution in [0, 0.1) is 13.8 Å². The molecule has 0 bridgehead atoms. The molecule has 0 aromatic heterocycles. The lowest BCUT2D eigenvalue weighted by molar-refractivity contribution is -0.129. The molecule has 166 valence electrons. The summed E-state index contributed by atoms with van der Waals surface area (Å²) in [5.74, 6) is -0.777. The van der Waals surface area contributed by atoms with E-state index in [1.54, 1.807) is 12.1 Å². The van der Waals surface area contributed by atoms with Crippen LogP contribution in [0.1, 0.15) is 29.5 Å². The van der Waals surface area contributed by atoms with Gasteiger partial charge >= 0.3 is 0 Å². The van der Waals surface area contributed by atoms with Gasteiger partial charge in [-0.1, -0.05) is 36.4 Å². The summed E-state index contributed by atoms with van der Waals surface area (Å²) in [7, 11) is -2.46. The molecule has 2 N–H and O–H groups in total. The van der Waals surface area contributed by atoms with Crippen molar-refractivity contribution in [1.29, 1.82) is 0 Å². The summed E-state index contributed by atoms with van der Waals surface area (Å²) in [5.41, 5.74) is 2.76. The number of carbonyl (C=O) groups is 2. The van der Waals surface area contributed by atoms with E-state index < -0.39 is 22.0 Å². The monoisotopic (exact) mass is 443 g/mol. The highest BCUT2D eigenvalue weighted by Crippen LogP contribution is 2.19. The Morgan fingerprint density at radius 3 is 2.35 bits per heavy atom. The molecule has 3 rings (SSSR count). The van der Waals surface area contributed by atoms with Crippen LogP contribution in [-0.4, -0.2) is 50.2 Å². The lowest BCUT2D eigenvalue weighted by Gasteiger charge is -2.21. The van der Waals surface area contributed by atoms with E-state index in [4.69, 9.17) is 0 Å². The smallest absolute Gasteiger partial charge is 0.243 e. The Labute approximate surface area is 183 Å². The predicted molar refractivity (Wildman–Crippen MR) is 119 cm³/mol. The Morgan fingerprint density at radius 2 is 1.74 bits per heavy atom. The number of carbonyl (C=O) groups excluding carboxylic acids is 2. The molecule has 1 fully saturated rings. The maximum atomic E-state index is 12.9. The molecule has 7 nitrogen and oxygen atoms in total. The third-order valence-corrected chi connectivity index (χ3v) is 7.21. The van der Waals surface area contributed by atoms with E-state index in [9.17, 15) is 18.0 Å². The molecule has 2 aromatic carbocycles. The first-order valence-electron chi connectivity index (χ1n) is 10.3. The van der Waals surface area contributed by atoms with Crippen LogP contribution < -0.4 is 10.6 Å². The molecule has 0 saturated heterocycles. The predicted octanol–water partition coefficient (Wildman–Crippen LogP) is 1.93. The van der Waals surface area contributed by atoms with Crippen LogP contribution in [-0.2, 0) is 26.0 Å². The van der Waals surface area contributed by atoms with Crippen molar-refractivity contribution in [3.8, 4) is 0 Å². The molecular weight excluding hydrogens is 414 g/mol. The summed E-state index contributed by atoms with van der Waals surface area (Å²) in [4.78, 5) is 25.4. The minimum absolute atomic E-state index is 0.137. The third-order valence-electron chi connectivity index (χ3n) is 5.41. The van der Waals surface area contributed by atoms with Gasteiger partial charge in [0, 0.05) is 19.5 Å². The zero-order chi connectivity index (χ0) is 22.6. The summed E-state index contributed by atoms with van der Waals surface area (Å²) in [6.07, 6.45) is 2.21. The summed E-state index contributed by atoms with van der Waals surface area (Å²) >= 11 is 0. The molecule has 1 saturated carbocycles. The maximum Gasteiger partial charge on any atom is 0.243 e. The van der Waals surface area contributed by atoms with E-state index in [1.807, 2.05) is 44.2 Å². The molecule has 0 spiro atoms. The number of amides is 2. The Morgan fingerprint density at radius 1 is 1.06 bits per heavy atom. The lowest BCUT2D eigenvalue weighted by Crippen LogP contribution is -2.51. The average molecular weight is 444 g/mol. The second-order valence-corrected chi connectivity index (χ2v) is 10.1. The Bertz CT molecular complexity index is 1050. The minimum Gasteiger partial charge on any atom is -0.352 e. The Balaban J connectivity index is 1.68. The Kier molecular flexibility index (Phi) is 7.12. The van der Waals surface area contributed by atoms with Gasteiger partial charge in [0.1, 0.15) is 6.04 Å². The number of sulfonamides is 1. The first-order valence-corrected chi connectivity index (χ1v) is 11.8.